The summed E-state index contributed by atoms with van der Waals surface area (Å²) in [7, 11) is 0.966. The fourth-order valence-electron chi connectivity index (χ4n) is 15.9. The number of aliphatic hydroxyl groups excluding tert-OH is 8. The number of ether oxygens (including phenoxy) is 11. The lowest BCUT2D eigenvalue weighted by atomic mass is 9.96. The van der Waals surface area contributed by atoms with E-state index in [2.05, 4.69) is 54.8 Å². The standard InChI is InChI=1S/C91H137N11O37/c1-13-15-16-17-18-19-20-21-22-23-24-25-26-27-62(136-90-75(119)76(61(113)42-130-90)139-89-70(94-48(7)106)74(118)72(116)63(41-103)137-89)73(117)87(127)100-68(45(4)105)84(124)101-69-46(5)131-88(128)60(39-54-30-34-56(112)35-31-54)98-86(126)71(47(6)132-91-79(135-52(11)110)78(134-51(10)109)77(133-50(9)108)64(138-91)43-129-49(8)107)102(12)66(115)40-93-80(120)58(36-37-65(92)114)96-81(121)57(14-2)95-82(122)59(38-53-28-32-55(111)33-29-53)97-83(123)67(44(3)104)99-85(69)125/h14,28-35,44-47,58-64,67-79,89-91,103-105,111-113,116-119H,13,15-27,36-43H2,1-12H3,(H2,92,114)(H,93,120)(H,94,106)(H,95,122)(H,96,121)(H,97,123)(H,98,126)(H,99,125)(H,100,127)(H,101,124)/b57-14-/t44-,45?,46+,47?,58+,59+,60-,61+,62?,63-,64-,67-,68?,69-,70-,71?,72-,73?,74-,75-,76+,77-,78+,79+,89+,90-,91+/m0/s1. The first-order valence-corrected chi connectivity index (χ1v) is 46.3. The summed E-state index contributed by atoms with van der Waals surface area (Å²) in [6.07, 6.45) is -26.4. The van der Waals surface area contributed by atoms with E-state index in [0.717, 1.165) is 152 Å². The van der Waals surface area contributed by atoms with Crippen molar-refractivity contribution in [2.24, 2.45) is 5.73 Å². The molecule has 27 atom stereocenters. The van der Waals surface area contributed by atoms with Crippen LogP contribution in [0.1, 0.15) is 190 Å². The summed E-state index contributed by atoms with van der Waals surface area (Å²) in [5.74, 6) is -20.5. The van der Waals surface area contributed by atoms with E-state index in [1.165, 1.54) is 43.3 Å². The summed E-state index contributed by atoms with van der Waals surface area (Å²) >= 11 is 0. The van der Waals surface area contributed by atoms with E-state index >= 15 is 19.2 Å². The van der Waals surface area contributed by atoms with Crippen LogP contribution in [-0.2, 0) is 142 Å². The number of carbonyl (C=O) groups is 16. The van der Waals surface area contributed by atoms with Crippen molar-refractivity contribution in [3.05, 3.63) is 71.4 Å². The second-order valence-corrected chi connectivity index (χ2v) is 34.7. The molecule has 139 heavy (non-hydrogen) atoms. The van der Waals surface area contributed by atoms with Crippen molar-refractivity contribution in [2.75, 3.05) is 33.4 Å². The number of hydrogen-bond donors (Lipinski definition) is 20. The number of phenols is 2. The lowest BCUT2D eigenvalue weighted by molar-refractivity contribution is -0.339. The van der Waals surface area contributed by atoms with E-state index in [9.17, 15) is 109 Å². The zero-order chi connectivity index (χ0) is 103. The maximum absolute atomic E-state index is 15.8. The highest BCUT2D eigenvalue weighted by atomic mass is 16.8. The van der Waals surface area contributed by atoms with Gasteiger partial charge in [-0.25, -0.2) is 4.79 Å². The number of phenolic OH excluding ortho intramolecular Hbond substituents is 2. The summed E-state index contributed by atoms with van der Waals surface area (Å²) in [4.78, 5) is 227. The Kier molecular flexibility index (Phi) is 48.1. The molecule has 0 radical (unpaired) electrons. The van der Waals surface area contributed by atoms with Crippen LogP contribution in [0.2, 0.25) is 0 Å². The Morgan fingerprint density at radius 2 is 1.14 bits per heavy atom. The fraction of sp³-hybridized carbons (Fsp3) is 0.670. The number of nitrogens with two attached hydrogens (primary N) is 1. The van der Waals surface area contributed by atoms with Crippen LogP contribution in [0.25, 0.3) is 0 Å². The lowest BCUT2D eigenvalue weighted by Gasteiger charge is -2.46. The van der Waals surface area contributed by atoms with Crippen LogP contribution < -0.4 is 53.6 Å². The molecule has 48 nitrogen and oxygen atoms in total. The molecule has 0 saturated carbocycles. The number of amides is 11. The number of aromatic hydroxyl groups is 2. The van der Waals surface area contributed by atoms with Crippen molar-refractivity contribution in [3.8, 4) is 11.5 Å². The number of allylic oxidation sites excluding steroid dienone is 1. The van der Waals surface area contributed by atoms with Crippen molar-refractivity contribution in [3.63, 3.8) is 0 Å². The number of nitrogens with one attached hydrogen (secondary N) is 9. The van der Waals surface area contributed by atoms with Crippen LogP contribution in [0.5, 0.6) is 11.5 Å². The molecular formula is C91H137N11O37. The second-order valence-electron chi connectivity index (χ2n) is 34.7. The number of esters is 5. The average molecular weight is 1980 g/mol. The third-order valence-corrected chi connectivity index (χ3v) is 23.3. The molecule has 0 spiro atoms. The van der Waals surface area contributed by atoms with Gasteiger partial charge in [0, 0.05) is 60.9 Å². The highest BCUT2D eigenvalue weighted by Gasteiger charge is 2.56. The van der Waals surface area contributed by atoms with Crippen molar-refractivity contribution >= 4 is 94.8 Å². The van der Waals surface area contributed by atoms with Gasteiger partial charge in [0.05, 0.1) is 44.2 Å². The zero-order valence-corrected chi connectivity index (χ0v) is 79.9. The van der Waals surface area contributed by atoms with Gasteiger partial charge < -0.3 is 162 Å². The Labute approximate surface area is 802 Å². The molecule has 4 heterocycles. The van der Waals surface area contributed by atoms with Gasteiger partial charge >= 0.3 is 29.8 Å². The van der Waals surface area contributed by atoms with E-state index in [1.54, 1.807) is 0 Å². The van der Waals surface area contributed by atoms with Gasteiger partial charge in [0.15, 0.2) is 43.3 Å². The fourth-order valence-corrected chi connectivity index (χ4v) is 15.9. The first kappa shape index (κ1) is 116. The minimum Gasteiger partial charge on any atom is -0.508 e. The number of hydrogen-bond acceptors (Lipinski definition) is 37. The lowest BCUT2D eigenvalue weighted by Crippen LogP contribution is -2.67. The highest BCUT2D eigenvalue weighted by molar-refractivity contribution is 6.03. The van der Waals surface area contributed by atoms with Gasteiger partial charge in [0.1, 0.15) is 121 Å². The molecule has 6 unspecified atom stereocenters. The van der Waals surface area contributed by atoms with E-state index in [1.807, 2.05) is 0 Å². The van der Waals surface area contributed by atoms with Gasteiger partial charge in [-0.15, -0.1) is 0 Å². The Bertz CT molecular complexity index is 4450. The number of carbonyl (C=O) groups excluding carboxylic acids is 16. The smallest absolute Gasteiger partial charge is 0.329 e. The van der Waals surface area contributed by atoms with E-state index in [-0.39, 0.29) is 35.5 Å². The van der Waals surface area contributed by atoms with Crippen LogP contribution >= 0.6 is 0 Å². The molecule has 2 aromatic carbocycles. The summed E-state index contributed by atoms with van der Waals surface area (Å²) < 4.78 is 64.2. The first-order chi connectivity index (χ1) is 65.7. The number of aliphatic hydroxyl groups is 8. The monoisotopic (exact) mass is 1980 g/mol. The predicted molar refractivity (Wildman–Crippen MR) is 480 cm³/mol. The van der Waals surface area contributed by atoms with Crippen molar-refractivity contribution < 1.29 is 180 Å². The molecule has 778 valence electrons. The minimum atomic E-state index is -2.47. The number of benzene rings is 2. The van der Waals surface area contributed by atoms with Gasteiger partial charge in [-0.05, 0) is 82.9 Å². The van der Waals surface area contributed by atoms with Gasteiger partial charge in [0.2, 0.25) is 53.2 Å². The summed E-state index contributed by atoms with van der Waals surface area (Å²) in [6, 6.07) is -6.77. The molecule has 11 amide bonds. The molecule has 4 aliphatic rings. The van der Waals surface area contributed by atoms with Crippen LogP contribution in [0.3, 0.4) is 0 Å². The van der Waals surface area contributed by atoms with Gasteiger partial charge in [-0.3, -0.25) is 71.9 Å². The first-order valence-electron chi connectivity index (χ1n) is 46.3. The average Bonchev–Trinajstić information content (AvgIpc) is 0.782. The normalized spacial score (nSPS) is 28.4. The summed E-state index contributed by atoms with van der Waals surface area (Å²) in [6.45, 7) is 8.66. The molecule has 21 N–H and O–H groups in total. The highest BCUT2D eigenvalue weighted by Crippen LogP contribution is 2.34. The van der Waals surface area contributed by atoms with Crippen LogP contribution in [0.15, 0.2) is 60.3 Å². The van der Waals surface area contributed by atoms with Gasteiger partial charge in [-0.2, -0.15) is 0 Å². The molecule has 4 fully saturated rings. The predicted octanol–water partition coefficient (Wildman–Crippen LogP) is -4.15. The zero-order valence-electron chi connectivity index (χ0n) is 79.9. The Hall–Kier alpha value is -11.3. The second kappa shape index (κ2) is 57.5. The number of rotatable bonds is 42. The van der Waals surface area contributed by atoms with E-state index in [4.69, 9.17) is 57.8 Å². The summed E-state index contributed by atoms with van der Waals surface area (Å²) in [5, 5.41) is 132. The molecule has 2 aromatic rings. The van der Waals surface area contributed by atoms with Crippen LogP contribution in [0.4, 0.5) is 0 Å². The number of cyclic esters (lactones) is 1. The maximum atomic E-state index is 15.8. The Morgan fingerprint density at radius 3 is 1.68 bits per heavy atom. The third-order valence-electron chi connectivity index (χ3n) is 23.3. The molecule has 6 rings (SSSR count). The quantitative estimate of drug-likeness (QED) is 0.0130. The topological polar surface area (TPSA) is 714 Å². The molecule has 4 saturated heterocycles. The molecule has 0 aromatic heterocycles. The minimum absolute atomic E-state index is 0.0885. The van der Waals surface area contributed by atoms with Crippen molar-refractivity contribution in [1.82, 2.24) is 52.8 Å². The molecule has 0 aliphatic carbocycles. The maximum Gasteiger partial charge on any atom is 0.329 e. The Morgan fingerprint density at radius 1 is 0.597 bits per heavy atom. The largest absolute Gasteiger partial charge is 0.508 e. The molecule has 0 bridgehead atoms. The molecule has 48 heteroatoms. The van der Waals surface area contributed by atoms with E-state index < -0.39 is 317 Å². The van der Waals surface area contributed by atoms with Crippen LogP contribution in [0, 0.1) is 0 Å². The Balaban J connectivity index is 1.49. The van der Waals surface area contributed by atoms with Crippen molar-refractivity contribution in [1.29, 1.82) is 0 Å². The number of nitrogens with zero attached hydrogens (tertiary/aromatic N) is 1. The van der Waals surface area contributed by atoms with Crippen molar-refractivity contribution in [2.45, 2.75) is 357 Å². The number of primary amides is 1. The van der Waals surface area contributed by atoms with Gasteiger partial charge in [-0.1, -0.05) is 121 Å². The SMILES string of the molecule is C/C=C1\NC(=O)[C@@H](Cc2ccc(O)cc2)NC(=O)[C@H]([C@H](C)O)NC(=O)[C@@H](NC(=O)C(NC(=O)C(O)C(CCCCCCCCCCCCCCC)O[C@@H]2OC[C@@H](O)[C@@H](O[C@H]3O[C@@H](CO)[C@H](O)[C@@H](O)[C@@H]3NC(C)=O)[C@@H]2O)C(C)O)[C@@H](C)OC(=O)[C@H](Cc2ccc(O)cc2)NC(=O)C(C(C)O[C@@H]2O[C@@H](COC(C)=O)[C@H](OC(C)=O)[C@@H](OC(C)=O)[C@H]2OC(C)=O)N(C)C(=O)CNC(=O)[C@@H](CCC(N)=O)NC1=O. The number of likely N-dealkylation sites (N-methyl/N-ethyl adjacent to an activating group) is 1. The summed E-state index contributed by atoms with van der Waals surface area (Å²) in [5.41, 5.74) is 5.15. The van der Waals surface area contributed by atoms with Crippen LogP contribution in [-0.4, -0.2) is 349 Å². The molecule has 4 aliphatic heterocycles. The molecular weight excluding hydrogens is 1840 g/mol. The van der Waals surface area contributed by atoms with Gasteiger partial charge in [0.25, 0.3) is 11.8 Å². The van der Waals surface area contributed by atoms with E-state index in [0.29, 0.717) is 17.7 Å². The third kappa shape index (κ3) is 36.7. The number of unbranched alkanes of at least 4 members (excludes halogenated alkanes) is 12.